The molecule has 90 valence electrons. The van der Waals surface area contributed by atoms with Gasteiger partial charge in [0.15, 0.2) is 0 Å². The van der Waals surface area contributed by atoms with Gasteiger partial charge in [0, 0.05) is 16.9 Å². The Morgan fingerprint density at radius 2 is 2.29 bits per heavy atom. The summed E-state index contributed by atoms with van der Waals surface area (Å²) in [6, 6.07) is 3.30. The highest BCUT2D eigenvalue weighted by molar-refractivity contribution is 9.10. The van der Waals surface area contributed by atoms with E-state index in [1.54, 1.807) is 18.5 Å². The van der Waals surface area contributed by atoms with Gasteiger partial charge in [-0.15, -0.1) is 0 Å². The third kappa shape index (κ3) is 3.85. The maximum absolute atomic E-state index is 11.5. The number of nitrogens with zero attached hydrogens (tertiary/aromatic N) is 1. The second kappa shape index (κ2) is 5.31. The van der Waals surface area contributed by atoms with E-state index in [0.717, 1.165) is 4.47 Å². The summed E-state index contributed by atoms with van der Waals surface area (Å²) in [4.78, 5) is 15.6. The van der Waals surface area contributed by atoms with E-state index in [1.165, 1.54) is 18.4 Å². The molecule has 0 unspecified atom stereocenters. The molecule has 0 bridgehead atoms. The second-order valence-corrected chi connectivity index (χ2v) is 5.04. The Labute approximate surface area is 109 Å². The number of pyridine rings is 1. The number of anilines is 1. The molecule has 0 radical (unpaired) electrons. The summed E-state index contributed by atoms with van der Waals surface area (Å²) in [6.45, 7) is 2.04. The van der Waals surface area contributed by atoms with E-state index < -0.39 is 0 Å². The van der Waals surface area contributed by atoms with Gasteiger partial charge in [0.25, 0.3) is 0 Å². The van der Waals surface area contributed by atoms with Crippen molar-refractivity contribution in [1.29, 1.82) is 0 Å². The van der Waals surface area contributed by atoms with Crippen LogP contribution in [0.1, 0.15) is 19.8 Å². The molecule has 4 nitrogen and oxygen atoms in total. The van der Waals surface area contributed by atoms with Crippen molar-refractivity contribution in [2.24, 2.45) is 5.92 Å². The summed E-state index contributed by atoms with van der Waals surface area (Å²) in [5.41, 5.74) is 1.23. The average Bonchev–Trinajstić information content (AvgIpc) is 3.13. The molecule has 0 aliphatic heterocycles. The number of amides is 2. The zero-order valence-electron chi connectivity index (χ0n) is 9.53. The number of hydrogen-bond acceptors (Lipinski definition) is 2. The first-order valence-electron chi connectivity index (χ1n) is 5.51. The number of carbonyl (C=O) groups excluding carboxylic acids is 1. The zero-order chi connectivity index (χ0) is 12.3. The van der Waals surface area contributed by atoms with Crippen LogP contribution in [0, 0.1) is 5.92 Å². The summed E-state index contributed by atoms with van der Waals surface area (Å²) in [6.07, 6.45) is 5.88. The highest BCUT2D eigenvalue weighted by Crippen LogP contribution is 2.35. The zero-order valence-corrected chi connectivity index (χ0v) is 11.1. The highest BCUT2D eigenvalue weighted by Gasteiger charge is 2.22. The normalized spacial score (nSPS) is 15.5. The van der Waals surface area contributed by atoms with Crippen molar-refractivity contribution < 1.29 is 4.79 Å². The minimum Gasteiger partial charge on any atom is -0.314 e. The molecule has 2 amide bonds. The minimum atomic E-state index is -0.264. The van der Waals surface area contributed by atoms with Crippen molar-refractivity contribution >= 4 is 27.8 Å². The summed E-state index contributed by atoms with van der Waals surface area (Å²) >= 11 is 3.28. The third-order valence-corrected chi connectivity index (χ3v) is 3.09. The average molecular weight is 296 g/mol. The second-order valence-electron chi connectivity index (χ2n) is 4.12. The van der Waals surface area contributed by atoms with Gasteiger partial charge in [0.1, 0.15) is 5.82 Å². The van der Waals surface area contributed by atoms with E-state index in [0.29, 0.717) is 11.7 Å². The number of allylic oxidation sites excluding steroid dienone is 1. The lowest BCUT2D eigenvalue weighted by Crippen LogP contribution is -2.24. The van der Waals surface area contributed by atoms with Crippen molar-refractivity contribution in [3.05, 3.63) is 34.6 Å². The van der Waals surface area contributed by atoms with Crippen molar-refractivity contribution in [3.8, 4) is 0 Å². The summed E-state index contributed by atoms with van der Waals surface area (Å²) in [7, 11) is 0. The molecule has 5 heteroatoms. The number of nitrogens with one attached hydrogen (secondary N) is 2. The number of aromatic nitrogens is 1. The molecule has 1 heterocycles. The van der Waals surface area contributed by atoms with Gasteiger partial charge >= 0.3 is 6.03 Å². The standard InChI is InChI=1S/C12H14BrN3O/c1-8(9-2-3-9)6-15-12(17)16-11-5-4-10(13)7-14-11/h4-7,9H,2-3H2,1H3,(H2,14,15,16,17)/b8-6+. The first-order valence-corrected chi connectivity index (χ1v) is 6.30. The molecule has 0 saturated heterocycles. The van der Waals surface area contributed by atoms with Crippen LogP contribution in [-0.2, 0) is 0 Å². The molecule has 1 aromatic heterocycles. The Morgan fingerprint density at radius 1 is 1.53 bits per heavy atom. The van der Waals surface area contributed by atoms with E-state index in [2.05, 4.69) is 31.5 Å². The number of halogens is 1. The molecule has 0 aromatic carbocycles. The van der Waals surface area contributed by atoms with Gasteiger partial charge < -0.3 is 5.32 Å². The summed E-state index contributed by atoms with van der Waals surface area (Å²) in [5, 5.41) is 5.36. The lowest BCUT2D eigenvalue weighted by Gasteiger charge is -2.04. The van der Waals surface area contributed by atoms with Gasteiger partial charge in [-0.25, -0.2) is 9.78 Å². The van der Waals surface area contributed by atoms with E-state index >= 15 is 0 Å². The van der Waals surface area contributed by atoms with Crippen LogP contribution >= 0.6 is 15.9 Å². The maximum atomic E-state index is 11.5. The molecule has 1 aromatic rings. The van der Waals surface area contributed by atoms with Crippen molar-refractivity contribution in [1.82, 2.24) is 10.3 Å². The van der Waals surface area contributed by atoms with Crippen LogP contribution < -0.4 is 10.6 Å². The molecule has 1 aliphatic rings. The molecule has 0 atom stereocenters. The van der Waals surface area contributed by atoms with Gasteiger partial charge in [-0.1, -0.05) is 5.57 Å². The molecule has 1 saturated carbocycles. The smallest absolute Gasteiger partial charge is 0.314 e. The minimum absolute atomic E-state index is 0.264. The monoisotopic (exact) mass is 295 g/mol. The van der Waals surface area contributed by atoms with Crippen molar-refractivity contribution in [3.63, 3.8) is 0 Å². The fraction of sp³-hybridized carbons (Fsp3) is 0.333. The molecule has 2 rings (SSSR count). The summed E-state index contributed by atoms with van der Waals surface area (Å²) < 4.78 is 0.882. The Bertz CT molecular complexity index is 438. The van der Waals surface area contributed by atoms with Gasteiger partial charge in [-0.2, -0.15) is 0 Å². The van der Waals surface area contributed by atoms with Gasteiger partial charge in [-0.3, -0.25) is 5.32 Å². The topological polar surface area (TPSA) is 54.0 Å². The molecular formula is C12H14BrN3O. The van der Waals surface area contributed by atoms with Gasteiger partial charge in [0.05, 0.1) is 0 Å². The van der Waals surface area contributed by atoms with E-state index in [-0.39, 0.29) is 6.03 Å². The van der Waals surface area contributed by atoms with Gasteiger partial charge in [0.2, 0.25) is 0 Å². The Balaban J connectivity index is 1.84. The molecular weight excluding hydrogens is 282 g/mol. The lowest BCUT2D eigenvalue weighted by molar-refractivity contribution is 0.255. The largest absolute Gasteiger partial charge is 0.324 e. The van der Waals surface area contributed by atoms with Crippen LogP contribution in [0.15, 0.2) is 34.6 Å². The van der Waals surface area contributed by atoms with Crippen LogP contribution in [0.2, 0.25) is 0 Å². The maximum Gasteiger partial charge on any atom is 0.324 e. The van der Waals surface area contributed by atoms with E-state index in [9.17, 15) is 4.79 Å². The molecule has 0 spiro atoms. The number of urea groups is 1. The van der Waals surface area contributed by atoms with Crippen LogP contribution in [0.25, 0.3) is 0 Å². The molecule has 2 N–H and O–H groups in total. The lowest BCUT2D eigenvalue weighted by atomic mass is 10.2. The molecule has 1 aliphatic carbocycles. The fourth-order valence-electron chi connectivity index (χ4n) is 1.44. The Kier molecular flexibility index (Phi) is 3.78. The Hall–Kier alpha value is -1.36. The number of rotatable bonds is 3. The van der Waals surface area contributed by atoms with E-state index in [4.69, 9.17) is 0 Å². The van der Waals surface area contributed by atoms with Gasteiger partial charge in [-0.05, 0) is 53.7 Å². The fourth-order valence-corrected chi connectivity index (χ4v) is 1.67. The van der Waals surface area contributed by atoms with Crippen molar-refractivity contribution in [2.75, 3.05) is 5.32 Å². The van der Waals surface area contributed by atoms with Crippen LogP contribution in [0.4, 0.5) is 10.6 Å². The number of carbonyl (C=O) groups is 1. The molecule has 17 heavy (non-hydrogen) atoms. The van der Waals surface area contributed by atoms with Crippen molar-refractivity contribution in [2.45, 2.75) is 19.8 Å². The van der Waals surface area contributed by atoms with Crippen LogP contribution in [0.5, 0.6) is 0 Å². The molecule has 1 fully saturated rings. The first kappa shape index (κ1) is 12.1. The number of hydrogen-bond donors (Lipinski definition) is 2. The quantitative estimate of drug-likeness (QED) is 0.899. The Morgan fingerprint density at radius 3 is 2.88 bits per heavy atom. The SMILES string of the molecule is C/C(=C\NC(=O)Nc1ccc(Br)cn1)C1CC1. The third-order valence-electron chi connectivity index (χ3n) is 2.62. The van der Waals surface area contributed by atoms with E-state index in [1.807, 2.05) is 13.0 Å². The van der Waals surface area contributed by atoms with Crippen LogP contribution in [-0.4, -0.2) is 11.0 Å². The van der Waals surface area contributed by atoms with Crippen LogP contribution in [0.3, 0.4) is 0 Å². The predicted octanol–water partition coefficient (Wildman–Crippen LogP) is 3.28. The predicted molar refractivity (Wildman–Crippen MR) is 70.6 cm³/mol. The first-order chi connectivity index (χ1) is 8.15. The highest BCUT2D eigenvalue weighted by atomic mass is 79.9. The summed E-state index contributed by atoms with van der Waals surface area (Å²) in [5.74, 6) is 1.20.